The lowest BCUT2D eigenvalue weighted by Crippen LogP contribution is -3.06. The molecule has 0 spiro atoms. The second-order valence-electron chi connectivity index (χ2n) is 5.09. The lowest BCUT2D eigenvalue weighted by atomic mass is 10.1. The Balaban J connectivity index is 2.99. The van der Waals surface area contributed by atoms with Gasteiger partial charge in [0.1, 0.15) is 0 Å². The summed E-state index contributed by atoms with van der Waals surface area (Å²) in [5, 5.41) is 28.8. The first kappa shape index (κ1) is 17.8. The van der Waals surface area contributed by atoms with Crippen LogP contribution in [0, 0.1) is 5.21 Å². The van der Waals surface area contributed by atoms with Gasteiger partial charge in [-0.2, -0.15) is 0 Å². The van der Waals surface area contributed by atoms with Gasteiger partial charge in [-0.15, -0.1) is 0 Å². The Morgan fingerprint density at radius 1 is 0.833 bits per heavy atom. The first-order valence-corrected chi connectivity index (χ1v) is 7.54. The Morgan fingerprint density at radius 3 is 1.72 bits per heavy atom. The lowest BCUT2D eigenvalue weighted by Gasteiger charge is -2.19. The van der Waals surface area contributed by atoms with E-state index in [4.69, 9.17) is 10.2 Å². The molecule has 4 heteroatoms. The topological polar surface area (TPSA) is 68.0 Å². The highest BCUT2D eigenvalue weighted by Crippen LogP contribution is 2.10. The van der Waals surface area contributed by atoms with Gasteiger partial charge in [0, 0.05) is 0 Å². The molecular formula is C14H31NO3. The monoisotopic (exact) mass is 261 g/mol. The SMILES string of the molecule is CC[NH+]([O-])CCCCCCCCCCCC(O)O. The van der Waals surface area contributed by atoms with Crippen molar-refractivity contribution in [2.24, 2.45) is 0 Å². The Labute approximate surface area is 112 Å². The van der Waals surface area contributed by atoms with Crippen LogP contribution >= 0.6 is 0 Å². The molecule has 18 heavy (non-hydrogen) atoms. The summed E-state index contributed by atoms with van der Waals surface area (Å²) < 4.78 is 0. The standard InChI is InChI=1S/C14H31NO3/c1-2-15(18)13-11-9-7-5-3-4-6-8-10-12-14(16)17/h14-17H,2-13H2,1H3. The molecule has 0 heterocycles. The van der Waals surface area contributed by atoms with E-state index < -0.39 is 6.29 Å². The van der Waals surface area contributed by atoms with E-state index in [0.29, 0.717) is 18.0 Å². The zero-order valence-corrected chi connectivity index (χ0v) is 11.9. The fraction of sp³-hybridized carbons (Fsp3) is 1.00. The number of aliphatic hydroxyl groups excluding tert-OH is 1. The highest BCUT2D eigenvalue weighted by Gasteiger charge is 1.97. The Bertz CT molecular complexity index is 165. The summed E-state index contributed by atoms with van der Waals surface area (Å²) in [5.41, 5.74) is 0. The van der Waals surface area contributed by atoms with Crippen LogP contribution in [0.15, 0.2) is 0 Å². The molecule has 1 atom stereocenters. The van der Waals surface area contributed by atoms with Crippen molar-refractivity contribution in [1.82, 2.24) is 0 Å². The van der Waals surface area contributed by atoms with E-state index in [9.17, 15) is 5.21 Å². The maximum Gasteiger partial charge on any atom is 0.151 e. The maximum absolute atomic E-state index is 11.1. The van der Waals surface area contributed by atoms with Crippen molar-refractivity contribution in [3.63, 3.8) is 0 Å². The summed E-state index contributed by atoms with van der Waals surface area (Å²) in [4.78, 5) is 0. The molecule has 3 N–H and O–H groups in total. The Hall–Kier alpha value is -0.160. The van der Waals surface area contributed by atoms with E-state index >= 15 is 0 Å². The second-order valence-corrected chi connectivity index (χ2v) is 5.09. The van der Waals surface area contributed by atoms with Crippen molar-refractivity contribution in [3.05, 3.63) is 5.21 Å². The molecular weight excluding hydrogens is 230 g/mol. The molecule has 0 aromatic heterocycles. The summed E-state index contributed by atoms with van der Waals surface area (Å²) >= 11 is 0. The van der Waals surface area contributed by atoms with Gasteiger partial charge >= 0.3 is 0 Å². The maximum atomic E-state index is 11.1. The summed E-state index contributed by atoms with van der Waals surface area (Å²) in [5.74, 6) is 0. The third-order valence-electron chi connectivity index (χ3n) is 3.31. The first-order chi connectivity index (χ1) is 8.66. The van der Waals surface area contributed by atoms with Gasteiger partial charge in [-0.25, -0.2) is 0 Å². The molecule has 0 aliphatic heterocycles. The smallest absolute Gasteiger partial charge is 0.151 e. The van der Waals surface area contributed by atoms with E-state index in [1.54, 1.807) is 0 Å². The quantitative estimate of drug-likeness (QED) is 0.268. The van der Waals surface area contributed by atoms with Crippen molar-refractivity contribution < 1.29 is 15.3 Å². The number of nitrogens with one attached hydrogen (secondary N) is 1. The number of hydroxylamine groups is 2. The zero-order chi connectivity index (χ0) is 13.6. The van der Waals surface area contributed by atoms with Gasteiger partial charge < -0.3 is 20.5 Å². The Morgan fingerprint density at radius 2 is 1.28 bits per heavy atom. The minimum absolute atomic E-state index is 0.390. The molecule has 0 saturated heterocycles. The number of aliphatic hydroxyl groups is 2. The normalized spacial score (nSPS) is 13.2. The third-order valence-corrected chi connectivity index (χ3v) is 3.31. The highest BCUT2D eigenvalue weighted by molar-refractivity contribution is 4.48. The van der Waals surface area contributed by atoms with E-state index in [2.05, 4.69) is 0 Å². The van der Waals surface area contributed by atoms with Crippen molar-refractivity contribution in [2.45, 2.75) is 77.4 Å². The number of rotatable bonds is 13. The molecule has 0 amide bonds. The van der Waals surface area contributed by atoms with E-state index in [-0.39, 0.29) is 0 Å². The fourth-order valence-corrected chi connectivity index (χ4v) is 2.06. The van der Waals surface area contributed by atoms with Gasteiger partial charge in [0.15, 0.2) is 6.29 Å². The minimum atomic E-state index is -1.13. The van der Waals surface area contributed by atoms with Crippen molar-refractivity contribution in [2.75, 3.05) is 13.1 Å². The first-order valence-electron chi connectivity index (χ1n) is 7.54. The summed E-state index contributed by atoms with van der Waals surface area (Å²) in [6, 6.07) is 0. The van der Waals surface area contributed by atoms with Gasteiger partial charge in [-0.05, 0) is 32.6 Å². The number of hydrogen-bond donors (Lipinski definition) is 3. The van der Waals surface area contributed by atoms with E-state index in [1.165, 1.54) is 38.5 Å². The average molecular weight is 261 g/mol. The molecule has 0 fully saturated rings. The molecule has 0 aliphatic rings. The molecule has 0 radical (unpaired) electrons. The molecule has 0 aliphatic carbocycles. The van der Waals surface area contributed by atoms with Crippen LogP contribution in [0.5, 0.6) is 0 Å². The fourth-order valence-electron chi connectivity index (χ4n) is 2.06. The van der Waals surface area contributed by atoms with E-state index in [1.807, 2.05) is 6.92 Å². The van der Waals surface area contributed by atoms with Crippen LogP contribution in [0.1, 0.15) is 71.1 Å². The highest BCUT2D eigenvalue weighted by atomic mass is 16.5. The van der Waals surface area contributed by atoms with Crippen LogP contribution in [0.4, 0.5) is 0 Å². The zero-order valence-electron chi connectivity index (χ0n) is 11.9. The van der Waals surface area contributed by atoms with Crippen LogP contribution in [0.2, 0.25) is 0 Å². The molecule has 1 unspecified atom stereocenters. The van der Waals surface area contributed by atoms with Crippen LogP contribution in [-0.4, -0.2) is 29.6 Å². The van der Waals surface area contributed by atoms with E-state index in [0.717, 1.165) is 25.8 Å². The van der Waals surface area contributed by atoms with Gasteiger partial charge in [0.25, 0.3) is 0 Å². The molecule has 0 aromatic rings. The summed E-state index contributed by atoms with van der Waals surface area (Å²) in [6.45, 7) is 3.38. The predicted molar refractivity (Wildman–Crippen MR) is 74.1 cm³/mol. The number of unbranched alkanes of at least 4 members (excludes halogenated alkanes) is 8. The Kier molecular flexibility index (Phi) is 13.2. The largest absolute Gasteiger partial charge is 0.634 e. The molecule has 4 nitrogen and oxygen atoms in total. The number of quaternary nitrogens is 1. The molecule has 0 rings (SSSR count). The van der Waals surface area contributed by atoms with Crippen LogP contribution < -0.4 is 5.06 Å². The van der Waals surface area contributed by atoms with Crippen molar-refractivity contribution in [3.8, 4) is 0 Å². The number of hydrogen-bond acceptors (Lipinski definition) is 3. The van der Waals surface area contributed by atoms with Crippen molar-refractivity contribution >= 4 is 0 Å². The molecule has 0 bridgehead atoms. The molecule has 110 valence electrons. The lowest BCUT2D eigenvalue weighted by molar-refractivity contribution is -0.846. The van der Waals surface area contributed by atoms with Crippen molar-refractivity contribution in [1.29, 1.82) is 0 Å². The van der Waals surface area contributed by atoms with Crippen LogP contribution in [0.3, 0.4) is 0 Å². The average Bonchev–Trinajstić information content (AvgIpc) is 2.35. The van der Waals surface area contributed by atoms with Crippen LogP contribution in [-0.2, 0) is 0 Å². The second kappa shape index (κ2) is 13.3. The van der Waals surface area contributed by atoms with Gasteiger partial charge in [0.2, 0.25) is 0 Å². The minimum Gasteiger partial charge on any atom is -0.634 e. The summed E-state index contributed by atoms with van der Waals surface area (Å²) in [6.07, 6.45) is 9.85. The third kappa shape index (κ3) is 13.9. The van der Waals surface area contributed by atoms with Crippen LogP contribution in [0.25, 0.3) is 0 Å². The molecule has 0 saturated carbocycles. The van der Waals surface area contributed by atoms with Gasteiger partial charge in [-0.1, -0.05) is 38.5 Å². The van der Waals surface area contributed by atoms with Gasteiger partial charge in [0.05, 0.1) is 13.1 Å². The molecule has 0 aromatic carbocycles. The predicted octanol–water partition coefficient (Wildman–Crippen LogP) is 1.60. The van der Waals surface area contributed by atoms with Gasteiger partial charge in [-0.3, -0.25) is 0 Å². The summed E-state index contributed by atoms with van der Waals surface area (Å²) in [7, 11) is 0.